The fourth-order valence-electron chi connectivity index (χ4n) is 3.61. The summed E-state index contributed by atoms with van der Waals surface area (Å²) in [7, 11) is -0.402. The Morgan fingerprint density at radius 1 is 1.32 bits per heavy atom. The van der Waals surface area contributed by atoms with Crippen molar-refractivity contribution in [2.24, 2.45) is 0 Å². The van der Waals surface area contributed by atoms with Gasteiger partial charge in [0.1, 0.15) is 17.9 Å². The topological polar surface area (TPSA) is 115 Å². The van der Waals surface area contributed by atoms with E-state index in [-0.39, 0.29) is 6.04 Å². The van der Waals surface area contributed by atoms with Gasteiger partial charge in [0.05, 0.1) is 23.7 Å². The highest BCUT2D eigenvalue weighted by molar-refractivity contribution is 7.87. The molecule has 28 heavy (non-hydrogen) atoms. The van der Waals surface area contributed by atoms with Gasteiger partial charge >= 0.3 is 0 Å². The normalized spacial score (nSPS) is 17.5. The van der Waals surface area contributed by atoms with Crippen molar-refractivity contribution in [3.63, 3.8) is 0 Å². The second kappa shape index (κ2) is 7.28. The van der Waals surface area contributed by atoms with Gasteiger partial charge < -0.3 is 15.0 Å². The third-order valence-corrected chi connectivity index (χ3v) is 6.54. The van der Waals surface area contributed by atoms with Crippen LogP contribution in [0.5, 0.6) is 0 Å². The third kappa shape index (κ3) is 3.32. The lowest BCUT2D eigenvalue weighted by Crippen LogP contribution is -2.36. The standard InChI is InChI=1S/C18H24N6O3S/c1-23(2)28(25,26)20-9-5-6-12-10-27-11-15-22-16-17(24(12)15)13-7-3-4-8-14(13)21-18(16)19/h3-4,7-8,12,20H,5-6,9-11H2,1-2H3,(H2,19,21)/t12-/m0/s1. The van der Waals surface area contributed by atoms with Crippen LogP contribution in [0.15, 0.2) is 24.3 Å². The van der Waals surface area contributed by atoms with E-state index < -0.39 is 10.2 Å². The molecule has 3 N–H and O–H groups in total. The van der Waals surface area contributed by atoms with Gasteiger partial charge in [-0.3, -0.25) is 0 Å². The second-order valence-corrected chi connectivity index (χ2v) is 9.07. The molecule has 9 nitrogen and oxygen atoms in total. The SMILES string of the molecule is CN(C)S(=O)(=O)NCCC[C@H]1COCc2nc3c(N)nc4ccccc4c3n21. The summed E-state index contributed by atoms with van der Waals surface area (Å²) < 4.78 is 35.4. The summed E-state index contributed by atoms with van der Waals surface area (Å²) in [5.41, 5.74) is 8.67. The highest BCUT2D eigenvalue weighted by atomic mass is 32.2. The Morgan fingerprint density at radius 2 is 2.11 bits per heavy atom. The molecule has 0 amide bonds. The van der Waals surface area contributed by atoms with Gasteiger partial charge in [-0.2, -0.15) is 12.7 Å². The van der Waals surface area contributed by atoms with Crippen LogP contribution in [0.4, 0.5) is 5.82 Å². The van der Waals surface area contributed by atoms with E-state index in [0.717, 1.165) is 28.7 Å². The summed E-state index contributed by atoms with van der Waals surface area (Å²) in [6, 6.07) is 7.93. The molecule has 0 radical (unpaired) electrons. The number of hydrogen-bond donors (Lipinski definition) is 2. The molecular weight excluding hydrogens is 380 g/mol. The molecule has 0 aliphatic carbocycles. The molecule has 4 rings (SSSR count). The maximum atomic E-state index is 11.9. The molecule has 0 unspecified atom stereocenters. The first-order chi connectivity index (χ1) is 13.4. The molecule has 1 aliphatic heterocycles. The summed E-state index contributed by atoms with van der Waals surface area (Å²) in [5.74, 6) is 1.23. The van der Waals surface area contributed by atoms with Crippen LogP contribution in [0.3, 0.4) is 0 Å². The number of para-hydroxylation sites is 1. The van der Waals surface area contributed by atoms with Crippen molar-refractivity contribution in [3.8, 4) is 0 Å². The summed E-state index contributed by atoms with van der Waals surface area (Å²) in [6.07, 6.45) is 1.43. The first-order valence-corrected chi connectivity index (χ1v) is 10.6. The summed E-state index contributed by atoms with van der Waals surface area (Å²) in [4.78, 5) is 9.15. The molecule has 0 spiro atoms. The molecule has 0 fully saturated rings. The summed E-state index contributed by atoms with van der Waals surface area (Å²) >= 11 is 0. The third-order valence-electron chi connectivity index (χ3n) is 5.01. The van der Waals surface area contributed by atoms with E-state index >= 15 is 0 Å². The zero-order chi connectivity index (χ0) is 19.9. The number of benzene rings is 1. The number of hydrogen-bond acceptors (Lipinski definition) is 6. The highest BCUT2D eigenvalue weighted by Crippen LogP contribution is 2.34. The van der Waals surface area contributed by atoms with Crippen LogP contribution in [-0.2, 0) is 21.6 Å². The van der Waals surface area contributed by atoms with Crippen molar-refractivity contribution in [2.45, 2.75) is 25.5 Å². The van der Waals surface area contributed by atoms with E-state index in [1.54, 1.807) is 0 Å². The number of nitrogens with one attached hydrogen (secondary N) is 1. The van der Waals surface area contributed by atoms with E-state index in [1.807, 2.05) is 24.3 Å². The van der Waals surface area contributed by atoms with E-state index in [1.165, 1.54) is 18.4 Å². The number of ether oxygens (including phenoxy) is 1. The Kier molecular flexibility index (Phi) is 4.96. The Hall–Kier alpha value is -2.27. The maximum absolute atomic E-state index is 11.9. The van der Waals surface area contributed by atoms with Crippen LogP contribution >= 0.6 is 0 Å². The van der Waals surface area contributed by atoms with Crippen molar-refractivity contribution in [1.82, 2.24) is 23.6 Å². The predicted octanol–water partition coefficient (Wildman–Crippen LogP) is 1.41. The van der Waals surface area contributed by atoms with Crippen LogP contribution in [-0.4, -0.2) is 54.5 Å². The van der Waals surface area contributed by atoms with Crippen LogP contribution in [0.25, 0.3) is 21.9 Å². The molecule has 1 atom stereocenters. The zero-order valence-corrected chi connectivity index (χ0v) is 16.7. The molecule has 1 aliphatic rings. The molecule has 10 heteroatoms. The number of rotatable bonds is 6. The molecule has 3 heterocycles. The fraction of sp³-hybridized carbons (Fsp3) is 0.444. The number of nitrogen functional groups attached to an aromatic ring is 1. The largest absolute Gasteiger partial charge is 0.382 e. The minimum Gasteiger partial charge on any atom is -0.382 e. The Morgan fingerprint density at radius 3 is 2.89 bits per heavy atom. The van der Waals surface area contributed by atoms with E-state index in [9.17, 15) is 8.42 Å². The first-order valence-electron chi connectivity index (χ1n) is 9.18. The molecule has 1 aromatic carbocycles. The number of pyridine rings is 1. The Bertz CT molecular complexity index is 1130. The monoisotopic (exact) mass is 404 g/mol. The van der Waals surface area contributed by atoms with Crippen molar-refractivity contribution >= 4 is 38.0 Å². The van der Waals surface area contributed by atoms with Gasteiger partial charge in [0.2, 0.25) is 0 Å². The average Bonchev–Trinajstić information content (AvgIpc) is 3.06. The zero-order valence-electron chi connectivity index (χ0n) is 15.9. The number of fused-ring (bicyclic) bond motifs is 5. The van der Waals surface area contributed by atoms with Gasteiger partial charge in [0.15, 0.2) is 5.82 Å². The number of nitrogens with two attached hydrogens (primary N) is 1. The molecule has 0 saturated carbocycles. The van der Waals surface area contributed by atoms with Crippen molar-refractivity contribution in [1.29, 1.82) is 0 Å². The lowest BCUT2D eigenvalue weighted by atomic mass is 10.1. The second-order valence-electron chi connectivity index (χ2n) is 7.10. The van der Waals surface area contributed by atoms with E-state index in [0.29, 0.717) is 37.5 Å². The van der Waals surface area contributed by atoms with Crippen molar-refractivity contribution in [2.75, 3.05) is 33.0 Å². The van der Waals surface area contributed by atoms with Gasteiger partial charge in [-0.15, -0.1) is 0 Å². The minimum atomic E-state index is -3.41. The molecule has 0 saturated heterocycles. The first kappa shape index (κ1) is 19.1. The van der Waals surface area contributed by atoms with Gasteiger partial charge in [-0.25, -0.2) is 14.7 Å². The lowest BCUT2D eigenvalue weighted by Gasteiger charge is -2.26. The fourth-order valence-corrected chi connectivity index (χ4v) is 4.27. The number of anilines is 1. The van der Waals surface area contributed by atoms with E-state index in [2.05, 4.69) is 19.3 Å². The van der Waals surface area contributed by atoms with Crippen LogP contribution in [0.2, 0.25) is 0 Å². The number of aromatic nitrogens is 3. The Labute approximate surface area is 163 Å². The number of nitrogens with zero attached hydrogens (tertiary/aromatic N) is 4. The highest BCUT2D eigenvalue weighted by Gasteiger charge is 2.26. The molecule has 3 aromatic rings. The van der Waals surface area contributed by atoms with E-state index in [4.69, 9.17) is 10.5 Å². The quantitative estimate of drug-likeness (QED) is 0.600. The molecule has 2 aromatic heterocycles. The molecule has 0 bridgehead atoms. The van der Waals surface area contributed by atoms with Crippen LogP contribution < -0.4 is 10.5 Å². The van der Waals surface area contributed by atoms with Crippen LogP contribution in [0, 0.1) is 0 Å². The summed E-state index contributed by atoms with van der Waals surface area (Å²) in [5, 5.41) is 1.01. The summed E-state index contributed by atoms with van der Waals surface area (Å²) in [6.45, 7) is 1.34. The lowest BCUT2D eigenvalue weighted by molar-refractivity contribution is 0.0534. The Balaban J connectivity index is 1.64. The smallest absolute Gasteiger partial charge is 0.278 e. The van der Waals surface area contributed by atoms with Gasteiger partial charge in [0.25, 0.3) is 10.2 Å². The minimum absolute atomic E-state index is 0.0582. The van der Waals surface area contributed by atoms with Crippen LogP contribution in [0.1, 0.15) is 24.7 Å². The van der Waals surface area contributed by atoms with Crippen molar-refractivity contribution in [3.05, 3.63) is 30.1 Å². The molecular formula is C18H24N6O3S. The van der Waals surface area contributed by atoms with Gasteiger partial charge in [-0.1, -0.05) is 18.2 Å². The maximum Gasteiger partial charge on any atom is 0.278 e. The predicted molar refractivity (Wildman–Crippen MR) is 108 cm³/mol. The van der Waals surface area contributed by atoms with Gasteiger partial charge in [-0.05, 0) is 18.9 Å². The molecule has 150 valence electrons. The average molecular weight is 404 g/mol. The van der Waals surface area contributed by atoms with Crippen molar-refractivity contribution < 1.29 is 13.2 Å². The number of imidazole rings is 1. The van der Waals surface area contributed by atoms with Gasteiger partial charge in [0, 0.05) is 26.0 Å².